The predicted molar refractivity (Wildman–Crippen MR) is 69.2 cm³/mol. The van der Waals surface area contributed by atoms with Crippen LogP contribution in [0.25, 0.3) is 0 Å². The molecule has 0 N–H and O–H groups in total. The normalized spacial score (nSPS) is 10.2. The summed E-state index contributed by atoms with van der Waals surface area (Å²) >= 11 is 0. The monoisotopic (exact) mass is 293 g/mol. The fourth-order valence-corrected chi connectivity index (χ4v) is 1.66. The summed E-state index contributed by atoms with van der Waals surface area (Å²) in [5.41, 5.74) is -0.111. The molecule has 2 aromatic rings. The van der Waals surface area contributed by atoms with Crippen molar-refractivity contribution in [1.29, 1.82) is 0 Å². The number of nitro benzene ring substituents is 1. The molecule has 0 amide bonds. The van der Waals surface area contributed by atoms with Crippen LogP contribution < -0.4 is 4.74 Å². The van der Waals surface area contributed by atoms with E-state index in [1.807, 2.05) is 0 Å². The Hall–Kier alpha value is -2.83. The van der Waals surface area contributed by atoms with Gasteiger partial charge in [-0.2, -0.15) is 0 Å². The first kappa shape index (κ1) is 14.6. The van der Waals surface area contributed by atoms with Crippen LogP contribution in [0.15, 0.2) is 36.4 Å². The average Bonchev–Trinajstić information content (AvgIpc) is 2.45. The Morgan fingerprint density at radius 1 is 1.19 bits per heavy atom. The lowest BCUT2D eigenvalue weighted by molar-refractivity contribution is -0.385. The number of nitrogens with zero attached hydrogens (tertiary/aromatic N) is 1. The molecule has 0 bridgehead atoms. The zero-order valence-corrected chi connectivity index (χ0v) is 10.6. The highest BCUT2D eigenvalue weighted by atomic mass is 19.1. The van der Waals surface area contributed by atoms with E-state index < -0.39 is 16.6 Å². The number of ether oxygens (including phenoxy) is 1. The first-order valence-electron chi connectivity index (χ1n) is 5.81. The van der Waals surface area contributed by atoms with Crippen molar-refractivity contribution in [3.8, 4) is 5.75 Å². The van der Waals surface area contributed by atoms with Crippen molar-refractivity contribution in [3.05, 3.63) is 69.3 Å². The van der Waals surface area contributed by atoms with E-state index in [-0.39, 0.29) is 29.2 Å². The number of carbonyl (C=O) groups is 1. The third-order valence-electron chi connectivity index (χ3n) is 2.71. The Labute approximate surface area is 117 Å². The molecule has 0 heterocycles. The Bertz CT molecular complexity index is 703. The minimum atomic E-state index is -0.816. The van der Waals surface area contributed by atoms with Gasteiger partial charge in [-0.15, -0.1) is 0 Å². The van der Waals surface area contributed by atoms with Crippen LogP contribution in [0.3, 0.4) is 0 Å². The average molecular weight is 293 g/mol. The molecule has 0 unspecified atom stereocenters. The molecule has 0 radical (unpaired) electrons. The Kier molecular flexibility index (Phi) is 4.22. The molecule has 0 saturated carbocycles. The predicted octanol–water partition coefficient (Wildman–Crippen LogP) is 3.26. The van der Waals surface area contributed by atoms with Crippen LogP contribution >= 0.6 is 0 Å². The minimum Gasteiger partial charge on any atom is -0.482 e. The second-order valence-electron chi connectivity index (χ2n) is 4.13. The maximum Gasteiger partial charge on any atom is 0.310 e. The maximum atomic E-state index is 13.4. The van der Waals surface area contributed by atoms with Gasteiger partial charge in [0.2, 0.25) is 0 Å². The molecule has 7 heteroatoms. The van der Waals surface area contributed by atoms with E-state index in [1.165, 1.54) is 18.2 Å². The molecule has 0 aromatic heterocycles. The Balaban J connectivity index is 2.26. The molecule has 2 rings (SSSR count). The van der Waals surface area contributed by atoms with E-state index >= 15 is 0 Å². The summed E-state index contributed by atoms with van der Waals surface area (Å²) in [5, 5.41) is 10.9. The lowest BCUT2D eigenvalue weighted by atomic mass is 10.2. The summed E-state index contributed by atoms with van der Waals surface area (Å²) < 4.78 is 31.4. The van der Waals surface area contributed by atoms with Gasteiger partial charge in [0.15, 0.2) is 5.75 Å². The van der Waals surface area contributed by atoms with Crippen LogP contribution in [0.2, 0.25) is 0 Å². The molecule has 0 spiro atoms. The van der Waals surface area contributed by atoms with Gasteiger partial charge >= 0.3 is 5.69 Å². The zero-order valence-electron chi connectivity index (χ0n) is 10.6. The lowest BCUT2D eigenvalue weighted by Gasteiger charge is -2.08. The van der Waals surface area contributed by atoms with E-state index in [0.717, 1.165) is 12.1 Å². The quantitative estimate of drug-likeness (QED) is 0.482. The molecule has 108 valence electrons. The molecule has 0 atom stereocenters. The van der Waals surface area contributed by atoms with Crippen LogP contribution in [0.5, 0.6) is 5.75 Å². The molecule has 5 nitrogen and oxygen atoms in total. The van der Waals surface area contributed by atoms with E-state index in [1.54, 1.807) is 0 Å². The van der Waals surface area contributed by atoms with Crippen molar-refractivity contribution in [2.24, 2.45) is 0 Å². The van der Waals surface area contributed by atoms with Crippen LogP contribution in [0.1, 0.15) is 15.9 Å². The van der Waals surface area contributed by atoms with Crippen LogP contribution in [0.4, 0.5) is 14.5 Å². The largest absolute Gasteiger partial charge is 0.482 e. The number of hydrogen-bond acceptors (Lipinski definition) is 4. The van der Waals surface area contributed by atoms with Gasteiger partial charge < -0.3 is 4.74 Å². The summed E-state index contributed by atoms with van der Waals surface area (Å²) in [6, 6.07) is 6.51. The number of rotatable bonds is 5. The van der Waals surface area contributed by atoms with Gasteiger partial charge in [0.05, 0.1) is 4.92 Å². The molecule has 21 heavy (non-hydrogen) atoms. The summed E-state index contributed by atoms with van der Waals surface area (Å²) in [6.45, 7) is -0.324. The van der Waals surface area contributed by atoms with E-state index in [0.29, 0.717) is 12.4 Å². The smallest absolute Gasteiger partial charge is 0.310 e. The van der Waals surface area contributed by atoms with E-state index in [4.69, 9.17) is 4.74 Å². The van der Waals surface area contributed by atoms with E-state index in [9.17, 15) is 23.7 Å². The first-order chi connectivity index (χ1) is 10.0. The van der Waals surface area contributed by atoms with Gasteiger partial charge in [-0.1, -0.05) is 0 Å². The molecule has 0 aliphatic rings. The number of benzene rings is 2. The number of hydrogen-bond donors (Lipinski definition) is 0. The summed E-state index contributed by atoms with van der Waals surface area (Å²) in [5.74, 6) is -1.71. The van der Waals surface area contributed by atoms with Gasteiger partial charge in [0.25, 0.3) is 0 Å². The Morgan fingerprint density at radius 3 is 2.57 bits per heavy atom. The standard InChI is InChI=1S/C14H9F2NO4/c15-11-3-2-10(12(16)6-11)8-21-14-5-9(7-18)1-4-13(14)17(19)20/h1-7H,8H2. The fourth-order valence-electron chi connectivity index (χ4n) is 1.66. The van der Waals surface area contributed by atoms with Gasteiger partial charge in [0.1, 0.15) is 24.5 Å². The minimum absolute atomic E-state index is 0.0437. The molecular weight excluding hydrogens is 284 g/mol. The highest BCUT2D eigenvalue weighted by molar-refractivity contribution is 5.76. The molecule has 0 saturated heterocycles. The number of aldehydes is 1. The van der Waals surface area contributed by atoms with Crippen molar-refractivity contribution < 1.29 is 23.2 Å². The van der Waals surface area contributed by atoms with E-state index in [2.05, 4.69) is 0 Å². The fraction of sp³-hybridized carbons (Fsp3) is 0.0714. The van der Waals surface area contributed by atoms with Crippen molar-refractivity contribution in [3.63, 3.8) is 0 Å². The lowest BCUT2D eigenvalue weighted by Crippen LogP contribution is -2.02. The summed E-state index contributed by atoms with van der Waals surface area (Å²) in [7, 11) is 0. The zero-order chi connectivity index (χ0) is 15.4. The number of carbonyl (C=O) groups excluding carboxylic acids is 1. The topological polar surface area (TPSA) is 69.4 Å². The van der Waals surface area contributed by atoms with Crippen molar-refractivity contribution in [2.75, 3.05) is 0 Å². The van der Waals surface area contributed by atoms with Crippen molar-refractivity contribution in [1.82, 2.24) is 0 Å². The summed E-state index contributed by atoms with van der Waals surface area (Å²) in [6.07, 6.45) is 0.509. The second-order valence-corrected chi connectivity index (χ2v) is 4.13. The van der Waals surface area contributed by atoms with Gasteiger partial charge in [-0.3, -0.25) is 14.9 Å². The Morgan fingerprint density at radius 2 is 1.95 bits per heavy atom. The molecular formula is C14H9F2NO4. The van der Waals surface area contributed by atoms with Crippen LogP contribution in [0, 0.1) is 21.7 Å². The molecule has 0 aliphatic heterocycles. The number of halogens is 2. The molecule has 0 aliphatic carbocycles. The van der Waals surface area contributed by atoms with Crippen LogP contribution in [-0.2, 0) is 6.61 Å². The van der Waals surface area contributed by atoms with Crippen molar-refractivity contribution >= 4 is 12.0 Å². The third-order valence-corrected chi connectivity index (χ3v) is 2.71. The number of nitro groups is 1. The van der Waals surface area contributed by atoms with Gasteiger partial charge in [-0.25, -0.2) is 8.78 Å². The highest BCUT2D eigenvalue weighted by Crippen LogP contribution is 2.28. The molecule has 0 fully saturated rings. The maximum absolute atomic E-state index is 13.4. The second kappa shape index (κ2) is 6.08. The van der Waals surface area contributed by atoms with Crippen LogP contribution in [-0.4, -0.2) is 11.2 Å². The molecule has 2 aromatic carbocycles. The van der Waals surface area contributed by atoms with Crippen molar-refractivity contribution in [2.45, 2.75) is 6.61 Å². The SMILES string of the molecule is O=Cc1ccc([N+](=O)[O-])c(OCc2ccc(F)cc2F)c1. The van der Waals surface area contributed by atoms with Gasteiger partial charge in [-0.05, 0) is 24.3 Å². The summed E-state index contributed by atoms with van der Waals surface area (Å²) in [4.78, 5) is 20.9. The first-order valence-corrected chi connectivity index (χ1v) is 5.81. The van der Waals surface area contributed by atoms with Gasteiger partial charge in [0, 0.05) is 23.3 Å². The third kappa shape index (κ3) is 3.38. The highest BCUT2D eigenvalue weighted by Gasteiger charge is 2.16.